The highest BCUT2D eigenvalue weighted by atomic mass is 16.6. The van der Waals surface area contributed by atoms with Gasteiger partial charge < -0.3 is 5.73 Å². The summed E-state index contributed by atoms with van der Waals surface area (Å²) in [4.78, 5) is 33.9. The van der Waals surface area contributed by atoms with Gasteiger partial charge in [0.25, 0.3) is 0 Å². The molecule has 0 aliphatic carbocycles. The molecule has 1 heterocycles. The largest absolute Gasteiger partial charge is 0.379 e. The fraction of sp³-hybridized carbons (Fsp3) is 0. The molecule has 8 heteroatoms. The van der Waals surface area contributed by atoms with Gasteiger partial charge in [-0.1, -0.05) is 0 Å². The van der Waals surface area contributed by atoms with Crippen LogP contribution in [0.1, 0.15) is 0 Å². The van der Waals surface area contributed by atoms with Crippen LogP contribution >= 0.6 is 0 Å². The van der Waals surface area contributed by atoms with E-state index in [2.05, 4.69) is 0 Å². The van der Waals surface area contributed by atoms with Crippen LogP contribution in [0.15, 0.2) is 9.59 Å². The molecule has 0 aromatic carbocycles. The molecule has 1 aromatic rings. The monoisotopic (exact) mass is 172 g/mol. The fourth-order valence-electron chi connectivity index (χ4n) is 0.679. The third-order valence-electron chi connectivity index (χ3n) is 1.13. The molecule has 8 nitrogen and oxygen atoms in total. The van der Waals surface area contributed by atoms with Crippen LogP contribution in [0.4, 0.5) is 11.5 Å². The minimum Gasteiger partial charge on any atom is -0.379 e. The van der Waals surface area contributed by atoms with Gasteiger partial charge in [0.15, 0.2) is 5.82 Å². The van der Waals surface area contributed by atoms with Gasteiger partial charge in [-0.2, -0.15) is 0 Å². The normalized spacial score (nSPS) is 9.67. The quantitative estimate of drug-likeness (QED) is 0.352. The van der Waals surface area contributed by atoms with Crippen molar-refractivity contribution in [1.82, 2.24) is 9.97 Å². The number of nitrogens with two attached hydrogens (primary N) is 1. The molecule has 0 saturated carbocycles. The molecule has 0 atom stereocenters. The summed E-state index contributed by atoms with van der Waals surface area (Å²) in [5.41, 5.74) is 2.17. The van der Waals surface area contributed by atoms with E-state index in [9.17, 15) is 19.7 Å². The van der Waals surface area contributed by atoms with Gasteiger partial charge in [0.05, 0.1) is 4.92 Å². The zero-order valence-corrected chi connectivity index (χ0v) is 5.66. The molecule has 0 bridgehead atoms. The Kier molecular flexibility index (Phi) is 1.66. The summed E-state index contributed by atoms with van der Waals surface area (Å²) in [5, 5.41) is 10.1. The van der Waals surface area contributed by atoms with Gasteiger partial charge in [-0.15, -0.1) is 0 Å². The molecular weight excluding hydrogens is 168 g/mol. The molecule has 0 amide bonds. The Morgan fingerprint density at radius 3 is 2.33 bits per heavy atom. The van der Waals surface area contributed by atoms with Crippen LogP contribution in [0.3, 0.4) is 0 Å². The summed E-state index contributed by atoms with van der Waals surface area (Å²) < 4.78 is 0. The molecule has 1 aromatic heterocycles. The van der Waals surface area contributed by atoms with E-state index in [-0.39, 0.29) is 0 Å². The molecule has 0 unspecified atom stereocenters. The second-order valence-corrected chi connectivity index (χ2v) is 1.93. The Morgan fingerprint density at radius 2 is 1.92 bits per heavy atom. The summed E-state index contributed by atoms with van der Waals surface area (Å²) in [6.45, 7) is 0. The Labute approximate surface area is 64.2 Å². The molecular formula is C4H4N4O4. The second-order valence-electron chi connectivity index (χ2n) is 1.93. The van der Waals surface area contributed by atoms with E-state index in [4.69, 9.17) is 5.73 Å². The molecule has 0 fully saturated rings. The van der Waals surface area contributed by atoms with E-state index in [0.29, 0.717) is 0 Å². The third kappa shape index (κ3) is 1.17. The predicted octanol–water partition coefficient (Wildman–Crippen LogP) is -1.45. The zero-order chi connectivity index (χ0) is 9.30. The molecule has 0 aliphatic heterocycles. The van der Waals surface area contributed by atoms with Crippen LogP contribution in [-0.4, -0.2) is 14.9 Å². The zero-order valence-electron chi connectivity index (χ0n) is 5.66. The molecule has 0 radical (unpaired) electrons. The Bertz CT molecular complexity index is 429. The average Bonchev–Trinajstić information content (AvgIpc) is 1.82. The number of anilines is 1. The van der Waals surface area contributed by atoms with Crippen molar-refractivity contribution in [3.8, 4) is 0 Å². The molecule has 4 N–H and O–H groups in total. The van der Waals surface area contributed by atoms with Crippen LogP contribution in [-0.2, 0) is 0 Å². The lowest BCUT2D eigenvalue weighted by atomic mass is 10.5. The van der Waals surface area contributed by atoms with Gasteiger partial charge in [0, 0.05) is 0 Å². The van der Waals surface area contributed by atoms with Crippen LogP contribution in [0, 0.1) is 10.1 Å². The van der Waals surface area contributed by atoms with E-state index in [1.165, 1.54) is 0 Å². The second kappa shape index (κ2) is 2.49. The summed E-state index contributed by atoms with van der Waals surface area (Å²) >= 11 is 0. The highest BCUT2D eigenvalue weighted by Crippen LogP contribution is 2.07. The Balaban J connectivity index is 3.60. The van der Waals surface area contributed by atoms with Crippen LogP contribution < -0.4 is 17.0 Å². The molecule has 0 saturated heterocycles. The lowest BCUT2D eigenvalue weighted by molar-refractivity contribution is -0.385. The van der Waals surface area contributed by atoms with Crippen molar-refractivity contribution in [3.05, 3.63) is 31.0 Å². The van der Waals surface area contributed by atoms with Gasteiger partial charge >= 0.3 is 16.9 Å². The minimum atomic E-state index is -1.11. The Morgan fingerprint density at radius 1 is 1.33 bits per heavy atom. The lowest BCUT2D eigenvalue weighted by Crippen LogP contribution is -2.26. The van der Waals surface area contributed by atoms with E-state index < -0.39 is 27.7 Å². The van der Waals surface area contributed by atoms with Crippen molar-refractivity contribution in [3.63, 3.8) is 0 Å². The van der Waals surface area contributed by atoms with Crippen LogP contribution in [0.25, 0.3) is 0 Å². The van der Waals surface area contributed by atoms with Crippen molar-refractivity contribution >= 4 is 11.5 Å². The number of H-pyrrole nitrogens is 2. The maximum atomic E-state index is 10.7. The highest BCUT2D eigenvalue weighted by molar-refractivity contribution is 5.48. The van der Waals surface area contributed by atoms with Crippen molar-refractivity contribution in [2.45, 2.75) is 0 Å². The molecule has 64 valence electrons. The maximum absolute atomic E-state index is 10.7. The van der Waals surface area contributed by atoms with Crippen molar-refractivity contribution in [2.75, 3.05) is 5.73 Å². The average molecular weight is 172 g/mol. The summed E-state index contributed by atoms with van der Waals surface area (Å²) in [6, 6.07) is 0. The highest BCUT2D eigenvalue weighted by Gasteiger charge is 2.17. The molecule has 0 aliphatic rings. The molecule has 12 heavy (non-hydrogen) atoms. The number of rotatable bonds is 1. The van der Waals surface area contributed by atoms with Gasteiger partial charge in [-0.25, -0.2) is 4.79 Å². The first-order valence-electron chi connectivity index (χ1n) is 2.79. The number of hydrogen-bond donors (Lipinski definition) is 3. The summed E-state index contributed by atoms with van der Waals surface area (Å²) in [6.07, 6.45) is 0. The van der Waals surface area contributed by atoms with Crippen molar-refractivity contribution < 1.29 is 4.92 Å². The number of aromatic amines is 2. The van der Waals surface area contributed by atoms with Crippen molar-refractivity contribution in [1.29, 1.82) is 0 Å². The third-order valence-corrected chi connectivity index (χ3v) is 1.13. The first-order chi connectivity index (χ1) is 5.52. The molecule has 1 rings (SSSR count). The number of nitrogens with zero attached hydrogens (tertiary/aromatic N) is 1. The first kappa shape index (κ1) is 7.98. The van der Waals surface area contributed by atoms with Crippen LogP contribution in [0.2, 0.25) is 0 Å². The number of nitrogens with one attached hydrogen (secondary N) is 2. The predicted molar refractivity (Wildman–Crippen MR) is 38.8 cm³/mol. The van der Waals surface area contributed by atoms with Crippen LogP contribution in [0.5, 0.6) is 0 Å². The fourth-order valence-corrected chi connectivity index (χ4v) is 0.679. The standard InChI is InChI=1S/C4H4N4O4/c5-2-1(8(11)12)3(9)7-4(10)6-2/h(H4,5,6,7,9,10). The van der Waals surface area contributed by atoms with E-state index in [1.54, 1.807) is 4.98 Å². The van der Waals surface area contributed by atoms with E-state index in [1.807, 2.05) is 4.98 Å². The topological polar surface area (TPSA) is 135 Å². The van der Waals surface area contributed by atoms with Crippen molar-refractivity contribution in [2.24, 2.45) is 0 Å². The summed E-state index contributed by atoms with van der Waals surface area (Å²) in [7, 11) is 0. The molecule has 0 spiro atoms. The smallest absolute Gasteiger partial charge is 0.373 e. The Hall–Kier alpha value is -2.12. The number of hydrogen-bond acceptors (Lipinski definition) is 5. The van der Waals surface area contributed by atoms with E-state index in [0.717, 1.165) is 0 Å². The maximum Gasteiger partial charge on any atom is 0.373 e. The van der Waals surface area contributed by atoms with Gasteiger partial charge in [0.2, 0.25) is 0 Å². The van der Waals surface area contributed by atoms with Gasteiger partial charge in [-0.3, -0.25) is 24.9 Å². The van der Waals surface area contributed by atoms with E-state index >= 15 is 0 Å². The SMILES string of the molecule is Nc1[nH]c(=O)[nH]c(=O)c1[N+](=O)[O-]. The summed E-state index contributed by atoms with van der Waals surface area (Å²) in [5.74, 6) is -0.547. The number of aromatic nitrogens is 2. The minimum absolute atomic E-state index is 0.547. The number of nitrogen functional groups attached to an aromatic ring is 1. The van der Waals surface area contributed by atoms with Gasteiger partial charge in [-0.05, 0) is 0 Å². The number of nitro groups is 1. The van der Waals surface area contributed by atoms with Gasteiger partial charge in [0.1, 0.15) is 0 Å². The lowest BCUT2D eigenvalue weighted by Gasteiger charge is -1.92. The first-order valence-corrected chi connectivity index (χ1v) is 2.79.